The van der Waals surface area contributed by atoms with Crippen LogP contribution in [0.2, 0.25) is 0 Å². The molecule has 1 aromatic heterocycles. The first kappa shape index (κ1) is 20.2. The molecular formula is C25H30N4O2. The molecule has 3 aromatic rings. The van der Waals surface area contributed by atoms with E-state index in [1.807, 2.05) is 23.1 Å². The molecule has 0 saturated carbocycles. The van der Waals surface area contributed by atoms with Gasteiger partial charge in [0, 0.05) is 50.7 Å². The molecule has 0 bridgehead atoms. The second-order valence-corrected chi connectivity index (χ2v) is 8.45. The molecule has 0 spiro atoms. The number of imidazole rings is 1. The third-order valence-electron chi connectivity index (χ3n) is 6.58. The smallest absolute Gasteiger partial charge is 0.227 e. The zero-order valence-electron chi connectivity index (χ0n) is 18.2. The molecule has 162 valence electrons. The van der Waals surface area contributed by atoms with E-state index in [2.05, 4.69) is 46.7 Å². The lowest BCUT2D eigenvalue weighted by Gasteiger charge is -2.27. The molecule has 3 heterocycles. The summed E-state index contributed by atoms with van der Waals surface area (Å²) in [5.74, 6) is 1.34. The molecule has 6 heteroatoms. The number of ether oxygens (including phenoxy) is 1. The van der Waals surface area contributed by atoms with Crippen molar-refractivity contribution < 1.29 is 9.53 Å². The lowest BCUT2D eigenvalue weighted by Crippen LogP contribution is -2.38. The summed E-state index contributed by atoms with van der Waals surface area (Å²) >= 11 is 0. The van der Waals surface area contributed by atoms with E-state index < -0.39 is 0 Å². The zero-order valence-corrected chi connectivity index (χ0v) is 18.2. The minimum Gasteiger partial charge on any atom is -0.379 e. The number of fused-ring (bicyclic) bond motifs is 1. The SMILES string of the molecule is CCc1ccccc1N1C[C@H](c2nc3ccccc3n2CCN2CCOCC2)CC1=O. The van der Waals surface area contributed by atoms with Crippen LogP contribution in [0.5, 0.6) is 0 Å². The lowest BCUT2D eigenvalue weighted by molar-refractivity contribution is -0.117. The molecule has 1 amide bonds. The Balaban J connectivity index is 1.43. The Kier molecular flexibility index (Phi) is 5.74. The van der Waals surface area contributed by atoms with E-state index in [0.717, 1.165) is 68.4 Å². The number of carbonyl (C=O) groups is 1. The Morgan fingerprint density at radius 2 is 1.81 bits per heavy atom. The van der Waals surface area contributed by atoms with Crippen LogP contribution in [0.15, 0.2) is 48.5 Å². The van der Waals surface area contributed by atoms with Crippen LogP contribution in [-0.2, 0) is 22.5 Å². The van der Waals surface area contributed by atoms with Gasteiger partial charge in [0.15, 0.2) is 0 Å². The standard InChI is InChI=1S/C25H30N4O2/c1-2-19-7-3-5-9-22(19)29-18-20(17-24(29)30)25-26-21-8-4-6-10-23(21)28(25)12-11-27-13-15-31-16-14-27/h3-10,20H,2,11-18H2,1H3/t20-/m1/s1. The van der Waals surface area contributed by atoms with Gasteiger partial charge in [-0.3, -0.25) is 9.69 Å². The van der Waals surface area contributed by atoms with Crippen LogP contribution in [0.3, 0.4) is 0 Å². The van der Waals surface area contributed by atoms with Crippen molar-refractivity contribution in [2.45, 2.75) is 32.2 Å². The maximum Gasteiger partial charge on any atom is 0.227 e. The molecule has 0 unspecified atom stereocenters. The summed E-state index contributed by atoms with van der Waals surface area (Å²) in [5, 5.41) is 0. The third kappa shape index (κ3) is 3.98. The number of aromatic nitrogens is 2. The first-order valence-electron chi connectivity index (χ1n) is 11.4. The Hall–Kier alpha value is -2.70. The van der Waals surface area contributed by atoms with Crippen molar-refractivity contribution in [2.75, 3.05) is 44.3 Å². The topological polar surface area (TPSA) is 50.6 Å². The van der Waals surface area contributed by atoms with Crippen molar-refractivity contribution in [1.82, 2.24) is 14.5 Å². The molecule has 0 N–H and O–H groups in total. The van der Waals surface area contributed by atoms with Crippen molar-refractivity contribution in [1.29, 1.82) is 0 Å². The number of aryl methyl sites for hydroxylation is 1. The number of amides is 1. The quantitative estimate of drug-likeness (QED) is 0.615. The molecule has 1 atom stereocenters. The van der Waals surface area contributed by atoms with Gasteiger partial charge < -0.3 is 14.2 Å². The predicted molar refractivity (Wildman–Crippen MR) is 123 cm³/mol. The maximum atomic E-state index is 13.0. The van der Waals surface area contributed by atoms with Gasteiger partial charge in [-0.2, -0.15) is 0 Å². The fourth-order valence-electron chi connectivity index (χ4n) is 4.89. The van der Waals surface area contributed by atoms with Crippen LogP contribution >= 0.6 is 0 Å². The van der Waals surface area contributed by atoms with Gasteiger partial charge in [-0.05, 0) is 30.2 Å². The molecule has 2 aliphatic heterocycles. The highest BCUT2D eigenvalue weighted by atomic mass is 16.5. The van der Waals surface area contributed by atoms with Gasteiger partial charge in [-0.1, -0.05) is 37.3 Å². The first-order chi connectivity index (χ1) is 15.2. The van der Waals surface area contributed by atoms with Gasteiger partial charge in [-0.15, -0.1) is 0 Å². The molecule has 2 aromatic carbocycles. The highest BCUT2D eigenvalue weighted by molar-refractivity contribution is 5.97. The molecule has 0 radical (unpaired) electrons. The van der Waals surface area contributed by atoms with Crippen LogP contribution in [0.4, 0.5) is 5.69 Å². The van der Waals surface area contributed by atoms with Crippen molar-refractivity contribution in [3.8, 4) is 0 Å². The maximum absolute atomic E-state index is 13.0. The highest BCUT2D eigenvalue weighted by Gasteiger charge is 2.35. The fraction of sp³-hybridized carbons (Fsp3) is 0.440. The Bertz CT molecular complexity index is 1070. The normalized spacial score (nSPS) is 20.1. The predicted octanol–water partition coefficient (Wildman–Crippen LogP) is 3.45. The number of hydrogen-bond acceptors (Lipinski definition) is 4. The van der Waals surface area contributed by atoms with Crippen molar-refractivity contribution in [3.63, 3.8) is 0 Å². The number of morpholine rings is 1. The first-order valence-corrected chi connectivity index (χ1v) is 11.4. The molecule has 31 heavy (non-hydrogen) atoms. The van der Waals surface area contributed by atoms with Crippen LogP contribution < -0.4 is 4.90 Å². The van der Waals surface area contributed by atoms with Gasteiger partial charge in [0.05, 0.1) is 24.2 Å². The number of carbonyl (C=O) groups excluding carboxylic acids is 1. The minimum absolute atomic E-state index is 0.106. The molecule has 0 aliphatic carbocycles. The van der Waals surface area contributed by atoms with Crippen LogP contribution in [0.25, 0.3) is 11.0 Å². The average molecular weight is 419 g/mol. The Morgan fingerprint density at radius 1 is 1.03 bits per heavy atom. The van der Waals surface area contributed by atoms with Gasteiger partial charge in [0.25, 0.3) is 0 Å². The van der Waals surface area contributed by atoms with Crippen LogP contribution in [0, 0.1) is 0 Å². The van der Waals surface area contributed by atoms with Crippen molar-refractivity contribution >= 4 is 22.6 Å². The molecule has 6 nitrogen and oxygen atoms in total. The summed E-state index contributed by atoms with van der Waals surface area (Å²) in [4.78, 5) is 22.4. The average Bonchev–Trinajstić information content (AvgIpc) is 3.38. The minimum atomic E-state index is 0.106. The summed E-state index contributed by atoms with van der Waals surface area (Å²) in [5.41, 5.74) is 4.44. The van der Waals surface area contributed by atoms with E-state index in [1.54, 1.807) is 0 Å². The number of anilines is 1. The summed E-state index contributed by atoms with van der Waals surface area (Å²) in [7, 11) is 0. The van der Waals surface area contributed by atoms with Gasteiger partial charge in [0.2, 0.25) is 5.91 Å². The number of nitrogens with zero attached hydrogens (tertiary/aromatic N) is 4. The largest absolute Gasteiger partial charge is 0.379 e. The van der Waals surface area contributed by atoms with E-state index in [1.165, 1.54) is 5.56 Å². The number of rotatable bonds is 6. The van der Waals surface area contributed by atoms with Crippen LogP contribution in [0.1, 0.15) is 30.7 Å². The van der Waals surface area contributed by atoms with Crippen LogP contribution in [-0.4, -0.2) is 59.8 Å². The summed E-state index contributed by atoms with van der Waals surface area (Å²) < 4.78 is 7.84. The molecule has 2 aliphatic rings. The van der Waals surface area contributed by atoms with Gasteiger partial charge in [0.1, 0.15) is 5.82 Å². The van der Waals surface area contributed by atoms with E-state index in [4.69, 9.17) is 9.72 Å². The van der Waals surface area contributed by atoms with Gasteiger partial charge in [-0.25, -0.2) is 4.98 Å². The van der Waals surface area contributed by atoms with E-state index in [9.17, 15) is 4.79 Å². The number of para-hydroxylation sites is 3. The zero-order chi connectivity index (χ0) is 21.2. The summed E-state index contributed by atoms with van der Waals surface area (Å²) in [6.45, 7) is 8.25. The summed E-state index contributed by atoms with van der Waals surface area (Å²) in [6, 6.07) is 16.6. The van der Waals surface area contributed by atoms with E-state index in [0.29, 0.717) is 13.0 Å². The fourth-order valence-corrected chi connectivity index (χ4v) is 4.89. The lowest BCUT2D eigenvalue weighted by atomic mass is 10.1. The van der Waals surface area contributed by atoms with Crippen molar-refractivity contribution in [3.05, 3.63) is 59.9 Å². The second-order valence-electron chi connectivity index (χ2n) is 8.45. The number of benzene rings is 2. The number of hydrogen-bond donors (Lipinski definition) is 0. The van der Waals surface area contributed by atoms with Crippen molar-refractivity contribution in [2.24, 2.45) is 0 Å². The molecule has 2 saturated heterocycles. The van der Waals surface area contributed by atoms with E-state index >= 15 is 0 Å². The second kappa shape index (κ2) is 8.81. The molecular weight excluding hydrogens is 388 g/mol. The van der Waals surface area contributed by atoms with Gasteiger partial charge >= 0.3 is 0 Å². The highest BCUT2D eigenvalue weighted by Crippen LogP contribution is 2.34. The van der Waals surface area contributed by atoms with E-state index in [-0.39, 0.29) is 11.8 Å². The monoisotopic (exact) mass is 418 g/mol. The molecule has 5 rings (SSSR count). The Labute approximate surface area is 183 Å². The Morgan fingerprint density at radius 3 is 2.65 bits per heavy atom. The summed E-state index contributed by atoms with van der Waals surface area (Å²) in [6.07, 6.45) is 1.43. The third-order valence-corrected chi connectivity index (χ3v) is 6.58. The molecule has 2 fully saturated rings.